The van der Waals surface area contributed by atoms with Crippen LogP contribution >= 0.6 is 11.8 Å². The van der Waals surface area contributed by atoms with Crippen LogP contribution in [0.5, 0.6) is 5.75 Å². The molecule has 0 saturated carbocycles. The molecule has 1 heterocycles. The Labute approximate surface area is 143 Å². The summed E-state index contributed by atoms with van der Waals surface area (Å²) in [4.78, 5) is 11.1. The van der Waals surface area contributed by atoms with Crippen molar-refractivity contribution in [3.8, 4) is 11.4 Å². The van der Waals surface area contributed by atoms with Crippen molar-refractivity contribution in [2.45, 2.75) is 10.9 Å². The number of benzene rings is 2. The van der Waals surface area contributed by atoms with Crippen molar-refractivity contribution in [3.63, 3.8) is 0 Å². The predicted molar refractivity (Wildman–Crippen MR) is 92.4 cm³/mol. The van der Waals surface area contributed by atoms with E-state index in [1.54, 1.807) is 37.3 Å². The zero-order valence-corrected chi connectivity index (χ0v) is 13.9. The topological polar surface area (TPSA) is 83.0 Å². The smallest absolute Gasteiger partial charge is 0.248 e. The molecule has 2 aromatic carbocycles. The molecule has 0 aliphatic heterocycles. The van der Waals surface area contributed by atoms with E-state index in [2.05, 4.69) is 10.2 Å². The summed E-state index contributed by atoms with van der Waals surface area (Å²) >= 11 is 1.56. The highest BCUT2D eigenvalue weighted by Gasteiger charge is 2.09. The number of hydrogen-bond donors (Lipinski definition) is 1. The normalized spacial score (nSPS) is 10.5. The summed E-state index contributed by atoms with van der Waals surface area (Å²) in [5.74, 6) is 1.06. The number of amides is 1. The quantitative estimate of drug-likeness (QED) is 0.698. The Hall–Kier alpha value is -2.80. The van der Waals surface area contributed by atoms with Gasteiger partial charge in [0.25, 0.3) is 0 Å². The van der Waals surface area contributed by atoms with Crippen molar-refractivity contribution in [2.75, 3.05) is 7.11 Å². The van der Waals surface area contributed by atoms with Gasteiger partial charge in [0.2, 0.25) is 5.91 Å². The fourth-order valence-corrected chi connectivity index (χ4v) is 3.06. The van der Waals surface area contributed by atoms with Crippen LogP contribution in [-0.2, 0) is 5.75 Å². The van der Waals surface area contributed by atoms with Crippen molar-refractivity contribution in [1.29, 1.82) is 0 Å². The first-order chi connectivity index (χ1) is 11.7. The van der Waals surface area contributed by atoms with Gasteiger partial charge in [-0.1, -0.05) is 30.0 Å². The highest BCUT2D eigenvalue weighted by molar-refractivity contribution is 7.98. The van der Waals surface area contributed by atoms with Crippen molar-refractivity contribution in [1.82, 2.24) is 14.8 Å². The molecule has 3 aromatic rings. The molecule has 24 heavy (non-hydrogen) atoms. The predicted octanol–water partition coefficient (Wildman–Crippen LogP) is 2.67. The number of carbonyl (C=O) groups is 1. The highest BCUT2D eigenvalue weighted by Crippen LogP contribution is 2.25. The molecular formula is C17H16N4O2S. The number of rotatable bonds is 6. The molecule has 0 unspecified atom stereocenters. The van der Waals surface area contributed by atoms with Gasteiger partial charge in [-0.3, -0.25) is 9.36 Å². The number of carbonyl (C=O) groups excluding carboxylic acids is 1. The van der Waals surface area contributed by atoms with Crippen LogP contribution in [0, 0.1) is 0 Å². The standard InChI is InChI=1S/C17H16N4O2S/c1-23-15-4-2-3-14(9-15)21-11-19-20-17(21)24-10-12-5-7-13(8-6-12)16(18)22/h2-9,11H,10H2,1H3,(H2,18,22). The molecule has 0 bridgehead atoms. The van der Waals surface area contributed by atoms with E-state index >= 15 is 0 Å². The van der Waals surface area contributed by atoms with Gasteiger partial charge >= 0.3 is 0 Å². The van der Waals surface area contributed by atoms with Crippen LogP contribution in [0.25, 0.3) is 5.69 Å². The molecule has 0 radical (unpaired) electrons. The maximum Gasteiger partial charge on any atom is 0.248 e. The molecule has 2 N–H and O–H groups in total. The van der Waals surface area contributed by atoms with Crippen LogP contribution in [-0.4, -0.2) is 27.8 Å². The average molecular weight is 340 g/mol. The number of ether oxygens (including phenoxy) is 1. The maximum atomic E-state index is 11.1. The van der Waals surface area contributed by atoms with Crippen LogP contribution in [0.4, 0.5) is 0 Å². The third-order valence-corrected chi connectivity index (χ3v) is 4.47. The van der Waals surface area contributed by atoms with Gasteiger partial charge in [0.1, 0.15) is 12.1 Å². The van der Waals surface area contributed by atoms with Gasteiger partial charge in [-0.15, -0.1) is 10.2 Å². The van der Waals surface area contributed by atoms with Gasteiger partial charge in [0, 0.05) is 17.4 Å². The number of thioether (sulfide) groups is 1. The second-order valence-corrected chi connectivity index (χ2v) is 5.98. The summed E-state index contributed by atoms with van der Waals surface area (Å²) < 4.78 is 7.16. The minimum absolute atomic E-state index is 0.424. The number of nitrogens with two attached hydrogens (primary N) is 1. The first-order valence-corrected chi connectivity index (χ1v) is 8.22. The number of hydrogen-bond acceptors (Lipinski definition) is 5. The second-order valence-electron chi connectivity index (χ2n) is 5.03. The zero-order valence-electron chi connectivity index (χ0n) is 13.0. The summed E-state index contributed by atoms with van der Waals surface area (Å²) in [6.45, 7) is 0. The average Bonchev–Trinajstić information content (AvgIpc) is 3.09. The first-order valence-electron chi connectivity index (χ1n) is 7.23. The molecule has 1 aromatic heterocycles. The molecule has 0 saturated heterocycles. The maximum absolute atomic E-state index is 11.1. The lowest BCUT2D eigenvalue weighted by molar-refractivity contribution is 0.100. The van der Waals surface area contributed by atoms with Gasteiger partial charge in [0.15, 0.2) is 5.16 Å². The fourth-order valence-electron chi connectivity index (χ4n) is 2.17. The van der Waals surface area contributed by atoms with Crippen molar-refractivity contribution < 1.29 is 9.53 Å². The summed E-state index contributed by atoms with van der Waals surface area (Å²) in [5, 5.41) is 8.94. The Kier molecular flexibility index (Phi) is 4.81. The van der Waals surface area contributed by atoms with Crippen molar-refractivity contribution in [2.24, 2.45) is 5.73 Å². The lowest BCUT2D eigenvalue weighted by Crippen LogP contribution is -2.10. The zero-order chi connectivity index (χ0) is 16.9. The van der Waals surface area contributed by atoms with E-state index in [0.29, 0.717) is 11.3 Å². The summed E-state index contributed by atoms with van der Waals surface area (Å²) in [6, 6.07) is 14.9. The highest BCUT2D eigenvalue weighted by atomic mass is 32.2. The number of aromatic nitrogens is 3. The van der Waals surface area contributed by atoms with Crippen LogP contribution in [0.15, 0.2) is 60.0 Å². The molecule has 6 nitrogen and oxygen atoms in total. The molecule has 0 spiro atoms. The number of primary amides is 1. The van der Waals surface area contributed by atoms with Crippen LogP contribution in [0.3, 0.4) is 0 Å². The third kappa shape index (κ3) is 3.57. The van der Waals surface area contributed by atoms with Crippen LogP contribution in [0.1, 0.15) is 15.9 Å². The summed E-state index contributed by atoms with van der Waals surface area (Å²) in [7, 11) is 1.64. The molecule has 0 aliphatic carbocycles. The Balaban J connectivity index is 1.74. The molecule has 0 fully saturated rings. The Morgan fingerprint density at radius 1 is 1.25 bits per heavy atom. The molecular weight excluding hydrogens is 324 g/mol. The van der Waals surface area contributed by atoms with E-state index in [0.717, 1.165) is 22.2 Å². The summed E-state index contributed by atoms with van der Waals surface area (Å²) in [5.41, 5.74) is 7.76. The van der Waals surface area contributed by atoms with Gasteiger partial charge in [-0.2, -0.15) is 0 Å². The molecule has 122 valence electrons. The van der Waals surface area contributed by atoms with Gasteiger partial charge in [-0.05, 0) is 29.8 Å². The van der Waals surface area contributed by atoms with Crippen molar-refractivity contribution in [3.05, 3.63) is 66.0 Å². The largest absolute Gasteiger partial charge is 0.497 e. The molecule has 0 aliphatic rings. The number of nitrogens with zero attached hydrogens (tertiary/aromatic N) is 3. The minimum atomic E-state index is -0.424. The van der Waals surface area contributed by atoms with E-state index in [1.165, 1.54) is 0 Å². The summed E-state index contributed by atoms with van der Waals surface area (Å²) in [6.07, 6.45) is 1.67. The lowest BCUT2D eigenvalue weighted by atomic mass is 10.1. The molecule has 1 amide bonds. The first kappa shape index (κ1) is 16.1. The minimum Gasteiger partial charge on any atom is -0.497 e. The molecule has 0 atom stereocenters. The Bertz CT molecular complexity index is 846. The van der Waals surface area contributed by atoms with Gasteiger partial charge in [0.05, 0.1) is 12.8 Å². The van der Waals surface area contributed by atoms with E-state index in [-0.39, 0.29) is 0 Å². The van der Waals surface area contributed by atoms with Gasteiger partial charge in [-0.25, -0.2) is 0 Å². The van der Waals surface area contributed by atoms with E-state index in [4.69, 9.17) is 10.5 Å². The monoisotopic (exact) mass is 340 g/mol. The van der Waals surface area contributed by atoms with E-state index in [9.17, 15) is 4.79 Å². The number of methoxy groups -OCH3 is 1. The van der Waals surface area contributed by atoms with Gasteiger partial charge < -0.3 is 10.5 Å². The van der Waals surface area contributed by atoms with Crippen LogP contribution < -0.4 is 10.5 Å². The van der Waals surface area contributed by atoms with Crippen molar-refractivity contribution >= 4 is 17.7 Å². The SMILES string of the molecule is COc1cccc(-n2cnnc2SCc2ccc(C(N)=O)cc2)c1. The fraction of sp³-hybridized carbons (Fsp3) is 0.118. The second kappa shape index (κ2) is 7.18. The van der Waals surface area contributed by atoms with E-state index < -0.39 is 5.91 Å². The van der Waals surface area contributed by atoms with Crippen LogP contribution in [0.2, 0.25) is 0 Å². The Morgan fingerprint density at radius 2 is 2.04 bits per heavy atom. The Morgan fingerprint density at radius 3 is 2.75 bits per heavy atom. The van der Waals surface area contributed by atoms with E-state index in [1.807, 2.05) is 41.0 Å². The molecule has 7 heteroatoms. The lowest BCUT2D eigenvalue weighted by Gasteiger charge is -2.08. The third-order valence-electron chi connectivity index (χ3n) is 3.45. The molecule has 3 rings (SSSR count).